The van der Waals surface area contributed by atoms with Crippen LogP contribution in [0.1, 0.15) is 32.1 Å². The third-order valence-electron chi connectivity index (χ3n) is 6.16. The van der Waals surface area contributed by atoms with E-state index in [2.05, 4.69) is 4.98 Å². The lowest BCUT2D eigenvalue weighted by Gasteiger charge is -2.18. The number of esters is 2. The van der Waals surface area contributed by atoms with Gasteiger partial charge in [0.1, 0.15) is 30.7 Å². The lowest BCUT2D eigenvalue weighted by atomic mass is 10.1. The number of nitro groups is 1. The first-order chi connectivity index (χ1) is 17.1. The molecule has 1 saturated heterocycles. The van der Waals surface area contributed by atoms with E-state index in [4.69, 9.17) is 14.2 Å². The van der Waals surface area contributed by atoms with Crippen LogP contribution >= 0.6 is 0 Å². The van der Waals surface area contributed by atoms with Gasteiger partial charge in [0.25, 0.3) is 5.69 Å². The van der Waals surface area contributed by atoms with E-state index in [9.17, 15) is 24.5 Å². The maximum absolute atomic E-state index is 13.6. The fraction of sp³-hybridized carbons (Fsp3) is 0.333. The first-order valence-corrected chi connectivity index (χ1v) is 11.2. The van der Waals surface area contributed by atoms with E-state index in [-0.39, 0.29) is 18.7 Å². The maximum Gasteiger partial charge on any atom is 0.336 e. The van der Waals surface area contributed by atoms with Crippen LogP contribution in [0.4, 0.5) is 5.69 Å². The molecule has 3 atom stereocenters. The Morgan fingerprint density at radius 2 is 1.97 bits per heavy atom. The zero-order chi connectivity index (χ0) is 25.7. The summed E-state index contributed by atoms with van der Waals surface area (Å²) in [5, 5.41) is 12.5. The number of carbonyl (C=O) groups is 2. The fourth-order valence-electron chi connectivity index (χ4n) is 4.58. The Morgan fingerprint density at radius 3 is 2.67 bits per heavy atom. The minimum absolute atomic E-state index is 0.0341. The Balaban J connectivity index is 1.60. The van der Waals surface area contributed by atoms with Crippen LogP contribution in [0, 0.1) is 17.0 Å². The van der Waals surface area contributed by atoms with E-state index in [1.807, 2.05) is 0 Å². The molecule has 0 aliphatic carbocycles. The molecule has 1 aliphatic rings. The molecular weight excluding hydrogens is 472 g/mol. The second-order valence-electron chi connectivity index (χ2n) is 8.72. The number of hydrogen-bond acceptors (Lipinski definition) is 9. The van der Waals surface area contributed by atoms with Crippen molar-refractivity contribution < 1.29 is 28.7 Å². The predicted molar refractivity (Wildman–Crippen MR) is 127 cm³/mol. The number of non-ortho nitro benzene ring substituents is 1. The number of fused-ring (bicyclic) bond motifs is 4. The summed E-state index contributed by atoms with van der Waals surface area (Å²) in [4.78, 5) is 51.8. The molecule has 0 unspecified atom stereocenters. The highest BCUT2D eigenvalue weighted by molar-refractivity contribution is 5.97. The second-order valence-corrected chi connectivity index (χ2v) is 8.72. The molecule has 36 heavy (non-hydrogen) atoms. The summed E-state index contributed by atoms with van der Waals surface area (Å²) in [6, 6.07) is 7.98. The SMILES string of the molecule is CC(=O)OC[C@H]1O[C@@H](n2cc(C)c3nc4cc5cc([N+](=O)[O-])ccc5cc4n3c2=O)C[C@@H]1OC(C)=O. The van der Waals surface area contributed by atoms with Crippen molar-refractivity contribution in [2.45, 2.75) is 45.6 Å². The Bertz CT molecular complexity index is 1620. The van der Waals surface area contributed by atoms with Crippen molar-refractivity contribution in [1.29, 1.82) is 0 Å². The van der Waals surface area contributed by atoms with Gasteiger partial charge in [0.15, 0.2) is 0 Å². The van der Waals surface area contributed by atoms with Crippen LogP contribution in [0.15, 0.2) is 41.3 Å². The molecule has 12 heteroatoms. The summed E-state index contributed by atoms with van der Waals surface area (Å²) in [6.07, 6.45) is -0.391. The van der Waals surface area contributed by atoms with E-state index in [1.165, 1.54) is 34.9 Å². The summed E-state index contributed by atoms with van der Waals surface area (Å²) < 4.78 is 19.3. The highest BCUT2D eigenvalue weighted by Gasteiger charge is 2.40. The van der Waals surface area contributed by atoms with Gasteiger partial charge in [-0.05, 0) is 35.9 Å². The molecule has 0 saturated carbocycles. The topological polar surface area (TPSA) is 144 Å². The van der Waals surface area contributed by atoms with Gasteiger partial charge in [-0.2, -0.15) is 0 Å². The second kappa shape index (κ2) is 8.72. The monoisotopic (exact) mass is 494 g/mol. The molecule has 0 radical (unpaired) electrons. The number of hydrogen-bond donors (Lipinski definition) is 0. The van der Waals surface area contributed by atoms with Crippen LogP contribution in [0.3, 0.4) is 0 Å². The molecule has 4 aromatic rings. The molecule has 3 heterocycles. The van der Waals surface area contributed by atoms with Crippen molar-refractivity contribution >= 4 is 45.1 Å². The smallest absolute Gasteiger partial charge is 0.336 e. The Hall–Kier alpha value is -4.32. The third-order valence-corrected chi connectivity index (χ3v) is 6.16. The van der Waals surface area contributed by atoms with Gasteiger partial charge in [-0.3, -0.25) is 24.3 Å². The number of aromatic nitrogens is 3. The van der Waals surface area contributed by atoms with Gasteiger partial charge in [0.05, 0.1) is 16.0 Å². The number of ether oxygens (including phenoxy) is 3. The molecule has 12 nitrogen and oxygen atoms in total. The summed E-state index contributed by atoms with van der Waals surface area (Å²) in [5.74, 6) is -1.01. The highest BCUT2D eigenvalue weighted by atomic mass is 16.6. The molecule has 2 aromatic carbocycles. The summed E-state index contributed by atoms with van der Waals surface area (Å²) in [5.41, 5.74) is 1.74. The first-order valence-electron chi connectivity index (χ1n) is 11.2. The van der Waals surface area contributed by atoms with Crippen LogP contribution in [0.25, 0.3) is 27.5 Å². The van der Waals surface area contributed by atoms with Crippen molar-refractivity contribution in [2.75, 3.05) is 6.61 Å². The lowest BCUT2D eigenvalue weighted by Crippen LogP contribution is -2.31. The molecule has 186 valence electrons. The number of aryl methyl sites for hydroxylation is 1. The highest BCUT2D eigenvalue weighted by Crippen LogP contribution is 2.32. The predicted octanol–water partition coefficient (Wildman–Crippen LogP) is 2.80. The zero-order valence-corrected chi connectivity index (χ0v) is 19.7. The minimum Gasteiger partial charge on any atom is -0.463 e. The van der Waals surface area contributed by atoms with E-state index in [0.29, 0.717) is 27.6 Å². The van der Waals surface area contributed by atoms with Crippen molar-refractivity contribution in [1.82, 2.24) is 14.0 Å². The van der Waals surface area contributed by atoms with Crippen LogP contribution in [-0.2, 0) is 23.8 Å². The Labute approximate surface area is 203 Å². The van der Waals surface area contributed by atoms with Crippen molar-refractivity contribution in [3.8, 4) is 0 Å². The summed E-state index contributed by atoms with van der Waals surface area (Å²) >= 11 is 0. The molecule has 1 fully saturated rings. The number of nitro benzene ring substituents is 1. The van der Waals surface area contributed by atoms with Gasteiger partial charge in [-0.15, -0.1) is 0 Å². The molecule has 0 spiro atoms. The Kier molecular flexibility index (Phi) is 5.67. The van der Waals surface area contributed by atoms with Gasteiger partial charge in [-0.25, -0.2) is 14.2 Å². The molecule has 0 amide bonds. The Morgan fingerprint density at radius 1 is 1.19 bits per heavy atom. The van der Waals surface area contributed by atoms with Crippen molar-refractivity contribution in [3.05, 3.63) is 62.7 Å². The molecule has 1 aliphatic heterocycles. The van der Waals surface area contributed by atoms with Crippen molar-refractivity contribution in [2.24, 2.45) is 0 Å². The summed E-state index contributed by atoms with van der Waals surface area (Å²) in [6.45, 7) is 4.22. The molecular formula is C24H22N4O8. The number of benzene rings is 2. The lowest BCUT2D eigenvalue weighted by molar-refractivity contribution is -0.384. The van der Waals surface area contributed by atoms with E-state index in [1.54, 1.807) is 31.3 Å². The number of rotatable bonds is 5. The van der Waals surface area contributed by atoms with Gasteiger partial charge in [-0.1, -0.05) is 0 Å². The normalized spacial score (nSPS) is 19.7. The fourth-order valence-corrected chi connectivity index (χ4v) is 4.58. The van der Waals surface area contributed by atoms with Gasteiger partial charge < -0.3 is 14.2 Å². The molecule has 0 N–H and O–H groups in total. The van der Waals surface area contributed by atoms with Gasteiger partial charge >= 0.3 is 17.6 Å². The molecule has 5 rings (SSSR count). The average molecular weight is 494 g/mol. The van der Waals surface area contributed by atoms with Crippen LogP contribution < -0.4 is 5.69 Å². The van der Waals surface area contributed by atoms with Gasteiger partial charge in [0.2, 0.25) is 0 Å². The maximum atomic E-state index is 13.6. The van der Waals surface area contributed by atoms with E-state index in [0.717, 1.165) is 5.39 Å². The number of imidazole rings is 1. The summed E-state index contributed by atoms with van der Waals surface area (Å²) in [7, 11) is 0. The molecule has 0 bridgehead atoms. The molecule has 2 aromatic heterocycles. The zero-order valence-electron chi connectivity index (χ0n) is 19.7. The van der Waals surface area contributed by atoms with E-state index < -0.39 is 41.0 Å². The first kappa shape index (κ1) is 23.4. The van der Waals surface area contributed by atoms with Crippen molar-refractivity contribution in [3.63, 3.8) is 0 Å². The number of nitrogens with zero attached hydrogens (tertiary/aromatic N) is 4. The van der Waals surface area contributed by atoms with Gasteiger partial charge in [0, 0.05) is 44.2 Å². The third kappa shape index (κ3) is 4.05. The van der Waals surface area contributed by atoms with Crippen LogP contribution in [0.2, 0.25) is 0 Å². The quantitative estimate of drug-likeness (QED) is 0.232. The van der Waals surface area contributed by atoms with Crippen LogP contribution in [-0.4, -0.2) is 49.6 Å². The van der Waals surface area contributed by atoms with Crippen LogP contribution in [0.5, 0.6) is 0 Å². The van der Waals surface area contributed by atoms with E-state index >= 15 is 0 Å². The number of carbonyl (C=O) groups excluding carboxylic acids is 2. The average Bonchev–Trinajstić information content (AvgIpc) is 3.39. The minimum atomic E-state index is -0.772. The standard InChI is InChI=1S/C24H22N4O8/c1-12-10-26(22-9-20(35-14(3)30)21(36-22)11-34-13(2)29)24(31)27-19-8-15-4-5-17(28(32)33)6-16(15)7-18(19)25-23(12)27/h4-8,10,20-22H,9,11H2,1-3H3/t20-,21+,22+/m0/s1. The largest absolute Gasteiger partial charge is 0.463 e.